The first-order valence-corrected chi connectivity index (χ1v) is 13.3. The molecule has 0 aromatic heterocycles. The Morgan fingerprint density at radius 1 is 0.657 bits per heavy atom. The number of ether oxygens (including phenoxy) is 2. The molecule has 0 aliphatic carbocycles. The Hall–Kier alpha value is -3.07. The summed E-state index contributed by atoms with van der Waals surface area (Å²) in [5.41, 5.74) is 3.79. The summed E-state index contributed by atoms with van der Waals surface area (Å²) in [6, 6.07) is 23.6. The largest absolute Gasteiger partial charge is 0.494 e. The quantitative estimate of drug-likeness (QED) is 0.126. The summed E-state index contributed by atoms with van der Waals surface area (Å²) in [5, 5.41) is 0. The Morgan fingerprint density at radius 2 is 1.26 bits per heavy atom. The first-order valence-electron chi connectivity index (χ1n) is 13.3. The van der Waals surface area contributed by atoms with Gasteiger partial charge < -0.3 is 9.47 Å². The molecular formula is C32H40O3. The van der Waals surface area contributed by atoms with Crippen LogP contribution >= 0.6 is 0 Å². The van der Waals surface area contributed by atoms with Crippen molar-refractivity contribution in [3.05, 3.63) is 83.9 Å². The average Bonchev–Trinajstić information content (AvgIpc) is 2.90. The molecule has 3 aromatic rings. The van der Waals surface area contributed by atoms with E-state index in [2.05, 4.69) is 26.0 Å². The van der Waals surface area contributed by atoms with Gasteiger partial charge in [0.05, 0.1) is 12.2 Å². The number of benzene rings is 3. The molecule has 0 spiro atoms. The molecule has 0 unspecified atom stereocenters. The molecular weight excluding hydrogens is 432 g/mol. The van der Waals surface area contributed by atoms with Gasteiger partial charge in [-0.05, 0) is 66.3 Å². The summed E-state index contributed by atoms with van der Waals surface area (Å²) < 4.78 is 11.6. The molecule has 3 rings (SSSR count). The highest BCUT2D eigenvalue weighted by Crippen LogP contribution is 2.25. The van der Waals surface area contributed by atoms with Crippen LogP contribution in [-0.2, 0) is 6.42 Å². The number of rotatable bonds is 15. The van der Waals surface area contributed by atoms with Crippen LogP contribution in [0.3, 0.4) is 0 Å². The van der Waals surface area contributed by atoms with Gasteiger partial charge in [0.2, 0.25) is 0 Å². The molecule has 0 bridgehead atoms. The first kappa shape index (κ1) is 26.5. The summed E-state index contributed by atoms with van der Waals surface area (Å²) in [6.45, 7) is 5.20. The minimum absolute atomic E-state index is 0.321. The van der Waals surface area contributed by atoms with Crippen LogP contribution in [0, 0.1) is 0 Å². The zero-order chi connectivity index (χ0) is 24.7. The molecule has 0 saturated heterocycles. The smallest absolute Gasteiger partial charge is 0.343 e. The molecule has 0 aliphatic rings. The fourth-order valence-corrected chi connectivity index (χ4v) is 4.15. The highest BCUT2D eigenvalue weighted by molar-refractivity contribution is 5.91. The van der Waals surface area contributed by atoms with Crippen molar-refractivity contribution in [3.63, 3.8) is 0 Å². The number of esters is 1. The lowest BCUT2D eigenvalue weighted by Crippen LogP contribution is -2.09. The van der Waals surface area contributed by atoms with E-state index in [9.17, 15) is 4.79 Å². The van der Waals surface area contributed by atoms with Crippen molar-refractivity contribution in [1.82, 2.24) is 0 Å². The number of hydrogen-bond acceptors (Lipinski definition) is 3. The molecule has 0 amide bonds. The van der Waals surface area contributed by atoms with Crippen molar-refractivity contribution in [3.8, 4) is 22.6 Å². The fraction of sp³-hybridized carbons (Fsp3) is 0.406. The van der Waals surface area contributed by atoms with E-state index in [-0.39, 0.29) is 5.97 Å². The second-order valence-electron chi connectivity index (χ2n) is 9.17. The highest BCUT2D eigenvalue weighted by Gasteiger charge is 2.12. The minimum Gasteiger partial charge on any atom is -0.494 e. The standard InChI is InChI=1S/C32H40O3/c1-3-5-7-8-9-13-25-34-30-23-21-27(22-24-30)26-17-19-29(20-18-26)32(33)35-31-16-12-11-15-28(31)14-10-6-4-2/h11-12,15-24H,3-10,13-14,25H2,1-2H3. The summed E-state index contributed by atoms with van der Waals surface area (Å²) >= 11 is 0. The second-order valence-corrected chi connectivity index (χ2v) is 9.17. The van der Waals surface area contributed by atoms with Gasteiger partial charge in [0.25, 0.3) is 0 Å². The van der Waals surface area contributed by atoms with Gasteiger partial charge in [-0.15, -0.1) is 0 Å². The van der Waals surface area contributed by atoms with Crippen LogP contribution in [0.5, 0.6) is 11.5 Å². The van der Waals surface area contributed by atoms with Crippen LogP contribution in [0.25, 0.3) is 11.1 Å². The normalized spacial score (nSPS) is 10.8. The fourth-order valence-electron chi connectivity index (χ4n) is 4.15. The Morgan fingerprint density at radius 3 is 1.97 bits per heavy atom. The second kappa shape index (κ2) is 15.0. The van der Waals surface area contributed by atoms with Crippen LogP contribution < -0.4 is 9.47 Å². The van der Waals surface area contributed by atoms with Crippen molar-refractivity contribution in [2.24, 2.45) is 0 Å². The first-order chi connectivity index (χ1) is 17.2. The van der Waals surface area contributed by atoms with Gasteiger partial charge in [0.1, 0.15) is 11.5 Å². The molecule has 186 valence electrons. The third-order valence-electron chi connectivity index (χ3n) is 6.30. The van der Waals surface area contributed by atoms with E-state index in [1.165, 1.54) is 44.9 Å². The van der Waals surface area contributed by atoms with Gasteiger partial charge in [0.15, 0.2) is 0 Å². The number of hydrogen-bond donors (Lipinski definition) is 0. The number of unbranched alkanes of at least 4 members (excludes halogenated alkanes) is 7. The summed E-state index contributed by atoms with van der Waals surface area (Å²) in [5.74, 6) is 1.24. The zero-order valence-corrected chi connectivity index (χ0v) is 21.4. The third kappa shape index (κ3) is 8.90. The van der Waals surface area contributed by atoms with Gasteiger partial charge in [-0.2, -0.15) is 0 Å². The van der Waals surface area contributed by atoms with Gasteiger partial charge in [-0.1, -0.05) is 101 Å². The maximum Gasteiger partial charge on any atom is 0.343 e. The van der Waals surface area contributed by atoms with Crippen LogP contribution in [0.15, 0.2) is 72.8 Å². The third-order valence-corrected chi connectivity index (χ3v) is 6.30. The summed E-state index contributed by atoms with van der Waals surface area (Å²) in [7, 11) is 0. The predicted octanol–water partition coefficient (Wildman–Crippen LogP) is 9.04. The van der Waals surface area contributed by atoms with Crippen LogP contribution in [0.2, 0.25) is 0 Å². The van der Waals surface area contributed by atoms with Crippen molar-refractivity contribution in [2.45, 2.75) is 78.1 Å². The van der Waals surface area contributed by atoms with Crippen molar-refractivity contribution >= 4 is 5.97 Å². The van der Waals surface area contributed by atoms with E-state index in [1.807, 2.05) is 60.7 Å². The number of carbonyl (C=O) groups is 1. The summed E-state index contributed by atoms with van der Waals surface area (Å²) in [4.78, 5) is 12.7. The van der Waals surface area contributed by atoms with E-state index in [0.717, 1.165) is 48.3 Å². The topological polar surface area (TPSA) is 35.5 Å². The molecule has 0 atom stereocenters. The monoisotopic (exact) mass is 472 g/mol. The van der Waals surface area contributed by atoms with Crippen molar-refractivity contribution in [2.75, 3.05) is 6.61 Å². The molecule has 3 aromatic carbocycles. The molecule has 0 aliphatic heterocycles. The SMILES string of the molecule is CCCCCCCCOc1ccc(-c2ccc(C(=O)Oc3ccccc3CCCCC)cc2)cc1. The van der Waals surface area contributed by atoms with Crippen molar-refractivity contribution < 1.29 is 14.3 Å². The number of carbonyl (C=O) groups excluding carboxylic acids is 1. The Bertz CT molecular complexity index is 1010. The minimum atomic E-state index is -0.321. The predicted molar refractivity (Wildman–Crippen MR) is 145 cm³/mol. The van der Waals surface area contributed by atoms with Crippen LogP contribution in [0.4, 0.5) is 0 Å². The van der Waals surface area contributed by atoms with Crippen LogP contribution in [0.1, 0.15) is 87.6 Å². The van der Waals surface area contributed by atoms with Gasteiger partial charge in [-0.25, -0.2) is 4.79 Å². The molecule has 0 heterocycles. The molecule has 0 fully saturated rings. The highest BCUT2D eigenvalue weighted by atomic mass is 16.5. The van der Waals surface area contributed by atoms with E-state index < -0.39 is 0 Å². The zero-order valence-electron chi connectivity index (χ0n) is 21.4. The lowest BCUT2D eigenvalue weighted by atomic mass is 10.0. The molecule has 0 saturated carbocycles. The molecule has 0 N–H and O–H groups in total. The van der Waals surface area contributed by atoms with E-state index in [1.54, 1.807) is 0 Å². The van der Waals surface area contributed by atoms with Gasteiger partial charge in [0, 0.05) is 0 Å². The van der Waals surface area contributed by atoms with E-state index in [4.69, 9.17) is 9.47 Å². The molecule has 3 heteroatoms. The Balaban J connectivity index is 1.51. The van der Waals surface area contributed by atoms with E-state index >= 15 is 0 Å². The Kier molecular flexibility index (Phi) is 11.4. The van der Waals surface area contributed by atoms with E-state index in [0.29, 0.717) is 11.3 Å². The lowest BCUT2D eigenvalue weighted by Gasteiger charge is -2.11. The van der Waals surface area contributed by atoms with Gasteiger partial charge >= 0.3 is 5.97 Å². The number of para-hydroxylation sites is 1. The van der Waals surface area contributed by atoms with Crippen molar-refractivity contribution in [1.29, 1.82) is 0 Å². The molecule has 0 radical (unpaired) electrons. The van der Waals surface area contributed by atoms with Crippen LogP contribution in [-0.4, -0.2) is 12.6 Å². The maximum atomic E-state index is 12.7. The average molecular weight is 473 g/mol. The summed E-state index contributed by atoms with van der Waals surface area (Å²) in [6.07, 6.45) is 11.9. The maximum absolute atomic E-state index is 12.7. The number of aryl methyl sites for hydroxylation is 1. The molecule has 35 heavy (non-hydrogen) atoms. The Labute approximate surface area is 211 Å². The van der Waals surface area contributed by atoms with Gasteiger partial charge in [-0.3, -0.25) is 0 Å². The lowest BCUT2D eigenvalue weighted by molar-refractivity contribution is 0.0733. The molecule has 3 nitrogen and oxygen atoms in total.